The van der Waals surface area contributed by atoms with Crippen LogP contribution in [0.4, 0.5) is 5.69 Å². The Balaban J connectivity index is 2.09. The lowest BCUT2D eigenvalue weighted by Crippen LogP contribution is -2.28. The molecule has 1 heterocycles. The van der Waals surface area contributed by atoms with E-state index in [1.54, 1.807) is 19.1 Å². The van der Waals surface area contributed by atoms with Gasteiger partial charge >= 0.3 is 0 Å². The van der Waals surface area contributed by atoms with E-state index in [2.05, 4.69) is 11.4 Å². The summed E-state index contributed by atoms with van der Waals surface area (Å²) >= 11 is 0. The van der Waals surface area contributed by atoms with Crippen LogP contribution in [0.15, 0.2) is 77.4 Å². The van der Waals surface area contributed by atoms with Crippen LogP contribution in [0.3, 0.4) is 0 Å². The lowest BCUT2D eigenvalue weighted by molar-refractivity contribution is -0.113. The van der Waals surface area contributed by atoms with Gasteiger partial charge in [-0.1, -0.05) is 42.5 Å². The van der Waals surface area contributed by atoms with Crippen LogP contribution in [0.2, 0.25) is 0 Å². The van der Waals surface area contributed by atoms with Gasteiger partial charge in [0.1, 0.15) is 17.4 Å². The van der Waals surface area contributed by atoms with Crippen LogP contribution in [-0.4, -0.2) is 5.91 Å². The van der Waals surface area contributed by atoms with E-state index in [-0.39, 0.29) is 17.4 Å². The Morgan fingerprint density at radius 1 is 1.12 bits per heavy atom. The highest BCUT2D eigenvalue weighted by Gasteiger charge is 2.36. The average Bonchev–Trinajstić information content (AvgIpc) is 2.62. The molecule has 5 nitrogen and oxygen atoms in total. The molecular weight excluding hydrogens is 326 g/mol. The van der Waals surface area contributed by atoms with Crippen molar-refractivity contribution in [2.75, 3.05) is 5.32 Å². The minimum atomic E-state index is -0.571. The van der Waals surface area contributed by atoms with Gasteiger partial charge < -0.3 is 15.8 Å². The normalized spacial score (nSPS) is 16.7. The molecule has 5 heteroatoms. The highest BCUT2D eigenvalue weighted by molar-refractivity contribution is 6.06. The monoisotopic (exact) mass is 345 g/mol. The first-order chi connectivity index (χ1) is 12.5. The quantitative estimate of drug-likeness (QED) is 0.887. The van der Waals surface area contributed by atoms with E-state index in [4.69, 9.17) is 10.5 Å². The number of nitrogens with two attached hydrogens (primary N) is 1. The van der Waals surface area contributed by atoms with Crippen LogP contribution in [0.5, 0.6) is 0 Å². The Bertz CT molecular complexity index is 953. The highest BCUT2D eigenvalue weighted by atomic mass is 16.5. The lowest BCUT2D eigenvalue weighted by Gasteiger charge is -2.28. The molecule has 0 aromatic heterocycles. The number of hydrogen-bond donors (Lipinski definition) is 2. The third-order valence-corrected chi connectivity index (χ3v) is 4.38. The van der Waals surface area contributed by atoms with E-state index >= 15 is 0 Å². The number of allylic oxidation sites excluding steroid dienone is 2. The van der Waals surface area contributed by atoms with Crippen molar-refractivity contribution in [1.29, 1.82) is 5.26 Å². The Labute approximate surface area is 152 Å². The molecule has 2 aromatic rings. The zero-order valence-corrected chi connectivity index (χ0v) is 14.6. The number of nitriles is 1. The number of benzene rings is 2. The van der Waals surface area contributed by atoms with Crippen molar-refractivity contribution in [2.45, 2.75) is 19.8 Å². The number of ether oxygens (including phenoxy) is 1. The lowest BCUT2D eigenvalue weighted by atomic mass is 9.81. The van der Waals surface area contributed by atoms with Crippen molar-refractivity contribution in [2.24, 2.45) is 5.73 Å². The Morgan fingerprint density at radius 2 is 1.77 bits per heavy atom. The summed E-state index contributed by atoms with van der Waals surface area (Å²) in [7, 11) is 0. The number of rotatable bonds is 3. The van der Waals surface area contributed by atoms with Crippen molar-refractivity contribution in [1.82, 2.24) is 0 Å². The third kappa shape index (κ3) is 3.17. The summed E-state index contributed by atoms with van der Waals surface area (Å²) in [5.41, 5.74) is 9.06. The second-order valence-corrected chi connectivity index (χ2v) is 6.07. The predicted molar refractivity (Wildman–Crippen MR) is 99.6 cm³/mol. The fraction of sp³-hybridized carbons (Fsp3) is 0.143. The topological polar surface area (TPSA) is 88.1 Å². The summed E-state index contributed by atoms with van der Waals surface area (Å²) in [5.74, 6) is -0.460. The number of para-hydroxylation sites is 1. The molecule has 0 saturated heterocycles. The summed E-state index contributed by atoms with van der Waals surface area (Å²) in [6.07, 6.45) is 0. The van der Waals surface area contributed by atoms with E-state index in [9.17, 15) is 10.1 Å². The maximum Gasteiger partial charge on any atom is 0.255 e. The van der Waals surface area contributed by atoms with Gasteiger partial charge in [-0.25, -0.2) is 0 Å². The van der Waals surface area contributed by atoms with E-state index in [1.807, 2.05) is 49.4 Å². The Kier molecular flexibility index (Phi) is 4.76. The molecule has 26 heavy (non-hydrogen) atoms. The number of nitrogens with zero attached hydrogens (tertiary/aromatic N) is 1. The molecule has 0 saturated carbocycles. The number of aryl methyl sites for hydroxylation is 1. The molecule has 1 atom stereocenters. The molecule has 2 aromatic carbocycles. The summed E-state index contributed by atoms with van der Waals surface area (Å²) in [6, 6.07) is 18.9. The second kappa shape index (κ2) is 7.16. The summed E-state index contributed by atoms with van der Waals surface area (Å²) in [6.45, 7) is 3.63. The van der Waals surface area contributed by atoms with E-state index < -0.39 is 5.92 Å². The first-order valence-corrected chi connectivity index (χ1v) is 8.23. The number of hydrogen-bond acceptors (Lipinski definition) is 4. The van der Waals surface area contributed by atoms with E-state index in [1.165, 1.54) is 0 Å². The predicted octanol–water partition coefficient (Wildman–Crippen LogP) is 3.72. The van der Waals surface area contributed by atoms with Crippen LogP contribution in [0.25, 0.3) is 0 Å². The summed E-state index contributed by atoms with van der Waals surface area (Å²) in [5, 5.41) is 12.5. The number of anilines is 1. The van der Waals surface area contributed by atoms with Gasteiger partial charge in [-0.15, -0.1) is 0 Å². The molecule has 1 amide bonds. The highest BCUT2D eigenvalue weighted by Crippen LogP contribution is 2.40. The number of carbonyl (C=O) groups is 1. The van der Waals surface area contributed by atoms with Crippen LogP contribution in [0.1, 0.15) is 24.0 Å². The van der Waals surface area contributed by atoms with Crippen LogP contribution in [0, 0.1) is 18.3 Å². The van der Waals surface area contributed by atoms with Gasteiger partial charge in [-0.2, -0.15) is 5.26 Å². The fourth-order valence-electron chi connectivity index (χ4n) is 3.12. The molecule has 0 bridgehead atoms. The molecular formula is C21H19N3O2. The number of nitrogens with one attached hydrogen (secondary N) is 1. The first kappa shape index (κ1) is 17.3. The van der Waals surface area contributed by atoms with Crippen LogP contribution >= 0.6 is 0 Å². The van der Waals surface area contributed by atoms with Crippen LogP contribution in [-0.2, 0) is 9.53 Å². The molecule has 130 valence electrons. The van der Waals surface area contributed by atoms with Gasteiger partial charge in [0.15, 0.2) is 0 Å². The van der Waals surface area contributed by atoms with Gasteiger partial charge in [-0.3, -0.25) is 4.79 Å². The Hall–Kier alpha value is -3.52. The van der Waals surface area contributed by atoms with Crippen molar-refractivity contribution < 1.29 is 9.53 Å². The maximum absolute atomic E-state index is 13.0. The SMILES string of the molecule is CC1=C(C(=O)Nc2ccccc2)[C@@H](c2ccccc2C)C(C#N)=C(N)O1. The molecule has 1 aliphatic heterocycles. The van der Waals surface area contributed by atoms with Gasteiger partial charge in [0.25, 0.3) is 5.91 Å². The molecule has 0 aliphatic carbocycles. The number of carbonyl (C=O) groups excluding carboxylic acids is 1. The maximum atomic E-state index is 13.0. The average molecular weight is 345 g/mol. The standard InChI is InChI=1S/C21H19N3O2/c1-13-8-6-7-11-16(13)19-17(12-22)20(23)26-14(2)18(19)21(25)24-15-9-4-3-5-10-15/h3-11,19H,23H2,1-2H3,(H,24,25)/t19-/m0/s1. The van der Waals surface area contributed by atoms with Gasteiger partial charge in [-0.05, 0) is 37.1 Å². The van der Waals surface area contributed by atoms with Gasteiger partial charge in [0.2, 0.25) is 5.88 Å². The van der Waals surface area contributed by atoms with Crippen molar-refractivity contribution in [3.63, 3.8) is 0 Å². The van der Waals surface area contributed by atoms with Crippen molar-refractivity contribution >= 4 is 11.6 Å². The van der Waals surface area contributed by atoms with Crippen LogP contribution < -0.4 is 11.1 Å². The molecule has 3 rings (SSSR count). The zero-order chi connectivity index (χ0) is 18.7. The largest absolute Gasteiger partial charge is 0.445 e. The summed E-state index contributed by atoms with van der Waals surface area (Å²) < 4.78 is 5.51. The molecule has 0 spiro atoms. The number of amides is 1. The molecule has 0 radical (unpaired) electrons. The molecule has 0 unspecified atom stereocenters. The van der Waals surface area contributed by atoms with Gasteiger partial charge in [0, 0.05) is 5.69 Å². The van der Waals surface area contributed by atoms with E-state index in [0.717, 1.165) is 11.1 Å². The molecule has 1 aliphatic rings. The fourth-order valence-corrected chi connectivity index (χ4v) is 3.12. The van der Waals surface area contributed by atoms with Gasteiger partial charge in [0.05, 0.1) is 11.5 Å². The molecule has 0 fully saturated rings. The molecule has 3 N–H and O–H groups in total. The smallest absolute Gasteiger partial charge is 0.255 e. The summed E-state index contributed by atoms with van der Waals surface area (Å²) in [4.78, 5) is 13.0. The van der Waals surface area contributed by atoms with Crippen molar-refractivity contribution in [3.05, 3.63) is 88.5 Å². The second-order valence-electron chi connectivity index (χ2n) is 6.07. The third-order valence-electron chi connectivity index (χ3n) is 4.38. The Morgan fingerprint density at radius 3 is 2.42 bits per heavy atom. The first-order valence-electron chi connectivity index (χ1n) is 8.23. The van der Waals surface area contributed by atoms with Crippen molar-refractivity contribution in [3.8, 4) is 6.07 Å². The minimum absolute atomic E-state index is 0.0366. The zero-order valence-electron chi connectivity index (χ0n) is 14.6. The van der Waals surface area contributed by atoms with E-state index in [0.29, 0.717) is 17.0 Å². The minimum Gasteiger partial charge on any atom is -0.445 e.